The van der Waals surface area contributed by atoms with E-state index in [4.69, 9.17) is 0 Å². The lowest BCUT2D eigenvalue weighted by atomic mass is 9.89. The summed E-state index contributed by atoms with van der Waals surface area (Å²) in [6, 6.07) is 0.686. The van der Waals surface area contributed by atoms with Crippen LogP contribution in [0.3, 0.4) is 0 Å². The highest BCUT2D eigenvalue weighted by Crippen LogP contribution is 2.24. The van der Waals surface area contributed by atoms with Crippen LogP contribution in [0.4, 0.5) is 0 Å². The maximum absolute atomic E-state index is 3.50. The number of rotatable bonds is 7. The van der Waals surface area contributed by atoms with E-state index in [-0.39, 0.29) is 0 Å². The number of nitrogens with zero attached hydrogens (tertiary/aromatic N) is 1. The van der Waals surface area contributed by atoms with E-state index in [9.17, 15) is 0 Å². The minimum absolute atomic E-state index is 0.686. The second kappa shape index (κ2) is 8.92. The van der Waals surface area contributed by atoms with Gasteiger partial charge < -0.3 is 10.2 Å². The molecule has 1 fully saturated rings. The Morgan fingerprint density at radius 2 is 1.94 bits per heavy atom. The van der Waals surface area contributed by atoms with Crippen molar-refractivity contribution in [2.24, 2.45) is 11.8 Å². The van der Waals surface area contributed by atoms with Crippen LogP contribution in [0.2, 0.25) is 0 Å². The van der Waals surface area contributed by atoms with Gasteiger partial charge in [-0.3, -0.25) is 0 Å². The Kier molecular flexibility index (Phi) is 7.92. The third-order valence-corrected chi connectivity index (χ3v) is 4.47. The smallest absolute Gasteiger partial charge is 0.00390 e. The van der Waals surface area contributed by atoms with Gasteiger partial charge in [0.25, 0.3) is 0 Å². The van der Waals surface area contributed by atoms with E-state index in [1.807, 2.05) is 0 Å². The van der Waals surface area contributed by atoms with E-state index in [1.165, 1.54) is 51.7 Å². The number of likely N-dealkylation sites (tertiary alicyclic amines) is 1. The molecule has 0 radical (unpaired) electrons. The molecule has 0 saturated carbocycles. The zero-order valence-electron chi connectivity index (χ0n) is 13.0. The summed E-state index contributed by atoms with van der Waals surface area (Å²) in [4.78, 5) is 2.70. The van der Waals surface area contributed by atoms with Crippen molar-refractivity contribution in [3.05, 3.63) is 0 Å². The van der Waals surface area contributed by atoms with E-state index in [0.717, 1.165) is 18.4 Å². The van der Waals surface area contributed by atoms with Gasteiger partial charge in [0, 0.05) is 6.04 Å². The molecule has 0 aromatic carbocycles. The third kappa shape index (κ3) is 6.19. The van der Waals surface area contributed by atoms with Crippen LogP contribution in [0.5, 0.6) is 0 Å². The van der Waals surface area contributed by atoms with Crippen LogP contribution in [0.15, 0.2) is 0 Å². The van der Waals surface area contributed by atoms with Crippen LogP contribution in [0, 0.1) is 11.8 Å². The fraction of sp³-hybridized carbons (Fsp3) is 1.00. The van der Waals surface area contributed by atoms with Gasteiger partial charge in [0.1, 0.15) is 0 Å². The van der Waals surface area contributed by atoms with E-state index >= 15 is 0 Å². The van der Waals surface area contributed by atoms with Gasteiger partial charge in [-0.25, -0.2) is 0 Å². The molecule has 1 N–H and O–H groups in total. The van der Waals surface area contributed by atoms with Crippen molar-refractivity contribution in [2.75, 3.05) is 26.2 Å². The predicted octanol–water partition coefficient (Wildman–Crippen LogP) is 3.52. The second-order valence-electron chi connectivity index (χ2n) is 6.38. The highest BCUT2D eigenvalue weighted by molar-refractivity contribution is 4.72. The lowest BCUT2D eigenvalue weighted by molar-refractivity contribution is 0.263. The molecule has 0 spiro atoms. The number of nitrogens with one attached hydrogen (secondary N) is 1. The molecule has 1 saturated heterocycles. The van der Waals surface area contributed by atoms with Gasteiger partial charge >= 0.3 is 0 Å². The van der Waals surface area contributed by atoms with E-state index in [2.05, 4.69) is 37.9 Å². The molecule has 2 atom stereocenters. The van der Waals surface area contributed by atoms with Gasteiger partial charge in [-0.15, -0.1) is 0 Å². The van der Waals surface area contributed by atoms with E-state index in [0.29, 0.717) is 6.04 Å². The van der Waals surface area contributed by atoms with Crippen molar-refractivity contribution < 1.29 is 0 Å². The van der Waals surface area contributed by atoms with Crippen LogP contribution in [-0.4, -0.2) is 37.1 Å². The van der Waals surface area contributed by atoms with Crippen molar-refractivity contribution in [1.29, 1.82) is 0 Å². The molecule has 0 aromatic rings. The predicted molar refractivity (Wildman–Crippen MR) is 81.0 cm³/mol. The molecule has 108 valence electrons. The van der Waals surface area contributed by atoms with Crippen molar-refractivity contribution in [3.63, 3.8) is 0 Å². The average molecular weight is 254 g/mol. The van der Waals surface area contributed by atoms with Crippen LogP contribution in [-0.2, 0) is 0 Å². The maximum Gasteiger partial charge on any atom is 0.00390 e. The molecule has 0 amide bonds. The Morgan fingerprint density at radius 1 is 1.17 bits per heavy atom. The van der Waals surface area contributed by atoms with Crippen LogP contribution >= 0.6 is 0 Å². The van der Waals surface area contributed by atoms with Crippen LogP contribution in [0.1, 0.15) is 59.8 Å². The summed E-state index contributed by atoms with van der Waals surface area (Å²) < 4.78 is 0. The standard InChI is InChI=1S/C16H34N2/c1-5-17-15(4)8-6-11-18-12-7-9-16(10-13-18)14(2)3/h14-17H,5-13H2,1-4H3. The fourth-order valence-electron chi connectivity index (χ4n) is 3.14. The minimum Gasteiger partial charge on any atom is -0.315 e. The Morgan fingerprint density at radius 3 is 2.61 bits per heavy atom. The largest absolute Gasteiger partial charge is 0.315 e. The summed E-state index contributed by atoms with van der Waals surface area (Å²) in [7, 11) is 0. The quantitative estimate of drug-likeness (QED) is 0.748. The second-order valence-corrected chi connectivity index (χ2v) is 6.38. The Hall–Kier alpha value is -0.0800. The van der Waals surface area contributed by atoms with Crippen molar-refractivity contribution in [3.8, 4) is 0 Å². The lowest BCUT2D eigenvalue weighted by Crippen LogP contribution is -2.29. The Labute approximate surface area is 115 Å². The van der Waals surface area contributed by atoms with Crippen LogP contribution in [0.25, 0.3) is 0 Å². The highest BCUT2D eigenvalue weighted by Gasteiger charge is 2.19. The molecule has 0 aliphatic carbocycles. The normalized spacial score (nSPS) is 24.2. The zero-order chi connectivity index (χ0) is 13.4. The van der Waals surface area contributed by atoms with Gasteiger partial charge in [-0.2, -0.15) is 0 Å². The summed E-state index contributed by atoms with van der Waals surface area (Å²) in [5, 5.41) is 3.50. The maximum atomic E-state index is 3.50. The summed E-state index contributed by atoms with van der Waals surface area (Å²) in [5.74, 6) is 1.84. The molecule has 2 unspecified atom stereocenters. The molecule has 1 aliphatic heterocycles. The summed E-state index contributed by atoms with van der Waals surface area (Å²) in [6.45, 7) is 14.3. The first-order valence-electron chi connectivity index (χ1n) is 8.09. The molecular weight excluding hydrogens is 220 g/mol. The zero-order valence-corrected chi connectivity index (χ0v) is 13.0. The van der Waals surface area contributed by atoms with Crippen molar-refractivity contribution in [1.82, 2.24) is 10.2 Å². The number of hydrogen-bond donors (Lipinski definition) is 1. The fourth-order valence-corrected chi connectivity index (χ4v) is 3.14. The minimum atomic E-state index is 0.686. The Bertz CT molecular complexity index is 203. The summed E-state index contributed by atoms with van der Waals surface area (Å²) in [6.07, 6.45) is 6.94. The first-order valence-corrected chi connectivity index (χ1v) is 8.09. The monoisotopic (exact) mass is 254 g/mol. The molecule has 1 heterocycles. The molecular formula is C16H34N2. The summed E-state index contributed by atoms with van der Waals surface area (Å²) >= 11 is 0. The molecule has 2 heteroatoms. The summed E-state index contributed by atoms with van der Waals surface area (Å²) in [5.41, 5.74) is 0. The Balaban J connectivity index is 2.15. The van der Waals surface area contributed by atoms with Gasteiger partial charge in [0.2, 0.25) is 0 Å². The molecule has 1 rings (SSSR count). The SMILES string of the molecule is CCNC(C)CCCN1CCCC(C(C)C)CC1. The molecule has 2 nitrogen and oxygen atoms in total. The first-order chi connectivity index (χ1) is 8.63. The number of hydrogen-bond acceptors (Lipinski definition) is 2. The van der Waals surface area contributed by atoms with E-state index < -0.39 is 0 Å². The third-order valence-electron chi connectivity index (χ3n) is 4.47. The van der Waals surface area contributed by atoms with Crippen molar-refractivity contribution in [2.45, 2.75) is 65.8 Å². The van der Waals surface area contributed by atoms with Gasteiger partial charge in [-0.05, 0) is 77.0 Å². The van der Waals surface area contributed by atoms with Gasteiger partial charge in [0.15, 0.2) is 0 Å². The molecule has 0 bridgehead atoms. The molecule has 18 heavy (non-hydrogen) atoms. The van der Waals surface area contributed by atoms with Crippen molar-refractivity contribution >= 4 is 0 Å². The van der Waals surface area contributed by atoms with Crippen LogP contribution < -0.4 is 5.32 Å². The van der Waals surface area contributed by atoms with Gasteiger partial charge in [0.05, 0.1) is 0 Å². The van der Waals surface area contributed by atoms with Gasteiger partial charge in [-0.1, -0.05) is 20.8 Å². The van der Waals surface area contributed by atoms with E-state index in [1.54, 1.807) is 0 Å². The lowest BCUT2D eigenvalue weighted by Gasteiger charge is -2.22. The average Bonchev–Trinajstić information content (AvgIpc) is 2.55. The topological polar surface area (TPSA) is 15.3 Å². The molecule has 0 aromatic heterocycles. The molecule has 1 aliphatic rings. The highest BCUT2D eigenvalue weighted by atomic mass is 15.1. The first kappa shape index (κ1) is 16.0.